The molecule has 0 aliphatic carbocycles. The van der Waals surface area contributed by atoms with Crippen LogP contribution in [0.2, 0.25) is 0 Å². The number of nitrogens with zero attached hydrogens (tertiary/aromatic N) is 1. The van der Waals surface area contributed by atoms with Gasteiger partial charge in [0.25, 0.3) is 5.69 Å². The van der Waals surface area contributed by atoms with E-state index in [1.54, 1.807) is 18.2 Å². The van der Waals surface area contributed by atoms with Gasteiger partial charge in [-0.05, 0) is 19.4 Å². The SMILES string of the molecule is O=C(NCc1ccccc1[N+](=O)[O-])C1CCCNC1. The lowest BCUT2D eigenvalue weighted by molar-refractivity contribution is -0.385. The third kappa shape index (κ3) is 3.51. The molecular weight excluding hydrogens is 246 g/mol. The summed E-state index contributed by atoms with van der Waals surface area (Å²) >= 11 is 0. The Morgan fingerprint density at radius 2 is 2.26 bits per heavy atom. The van der Waals surface area contributed by atoms with Gasteiger partial charge < -0.3 is 10.6 Å². The quantitative estimate of drug-likeness (QED) is 0.631. The van der Waals surface area contributed by atoms with Gasteiger partial charge in [0.2, 0.25) is 5.91 Å². The first-order valence-electron chi connectivity index (χ1n) is 6.39. The summed E-state index contributed by atoms with van der Waals surface area (Å²) in [6, 6.07) is 6.46. The number of nitro groups is 1. The van der Waals surface area contributed by atoms with Crippen molar-refractivity contribution in [2.45, 2.75) is 19.4 Å². The molecule has 1 unspecified atom stereocenters. The number of nitro benzene ring substituents is 1. The van der Waals surface area contributed by atoms with Gasteiger partial charge in [-0.25, -0.2) is 0 Å². The first kappa shape index (κ1) is 13.5. The van der Waals surface area contributed by atoms with E-state index in [1.807, 2.05) is 0 Å². The highest BCUT2D eigenvalue weighted by Crippen LogP contribution is 2.17. The Hall–Kier alpha value is -1.95. The molecule has 0 saturated carbocycles. The lowest BCUT2D eigenvalue weighted by Crippen LogP contribution is -2.40. The summed E-state index contributed by atoms with van der Waals surface area (Å²) in [6.45, 7) is 1.84. The second-order valence-corrected chi connectivity index (χ2v) is 4.65. The summed E-state index contributed by atoms with van der Waals surface area (Å²) in [6.07, 6.45) is 1.86. The maximum Gasteiger partial charge on any atom is 0.274 e. The monoisotopic (exact) mass is 263 g/mol. The van der Waals surface area contributed by atoms with E-state index >= 15 is 0 Å². The van der Waals surface area contributed by atoms with Crippen molar-refractivity contribution < 1.29 is 9.72 Å². The summed E-state index contributed by atoms with van der Waals surface area (Å²) in [7, 11) is 0. The predicted octanol–water partition coefficient (Wildman–Crippen LogP) is 1.21. The number of carbonyl (C=O) groups is 1. The molecule has 1 atom stereocenters. The van der Waals surface area contributed by atoms with E-state index in [0.29, 0.717) is 12.1 Å². The fourth-order valence-electron chi connectivity index (χ4n) is 2.24. The molecule has 0 radical (unpaired) electrons. The van der Waals surface area contributed by atoms with Crippen molar-refractivity contribution in [2.75, 3.05) is 13.1 Å². The molecular formula is C13H17N3O3. The van der Waals surface area contributed by atoms with Crippen LogP contribution in [-0.4, -0.2) is 23.9 Å². The second kappa shape index (κ2) is 6.29. The van der Waals surface area contributed by atoms with Crippen LogP contribution in [0.4, 0.5) is 5.69 Å². The largest absolute Gasteiger partial charge is 0.351 e. The zero-order chi connectivity index (χ0) is 13.7. The van der Waals surface area contributed by atoms with Crippen molar-refractivity contribution in [3.63, 3.8) is 0 Å². The molecule has 2 rings (SSSR count). The van der Waals surface area contributed by atoms with E-state index in [1.165, 1.54) is 6.07 Å². The van der Waals surface area contributed by atoms with Crippen LogP contribution in [-0.2, 0) is 11.3 Å². The number of nitrogens with one attached hydrogen (secondary N) is 2. The van der Waals surface area contributed by atoms with Gasteiger partial charge in [-0.1, -0.05) is 18.2 Å². The van der Waals surface area contributed by atoms with Crippen LogP contribution in [0.3, 0.4) is 0 Å². The van der Waals surface area contributed by atoms with Crippen LogP contribution in [0.5, 0.6) is 0 Å². The summed E-state index contributed by atoms with van der Waals surface area (Å²) in [4.78, 5) is 22.4. The van der Waals surface area contributed by atoms with E-state index in [0.717, 1.165) is 19.4 Å². The molecule has 6 nitrogen and oxygen atoms in total. The van der Waals surface area contributed by atoms with Gasteiger partial charge in [-0.15, -0.1) is 0 Å². The molecule has 19 heavy (non-hydrogen) atoms. The number of piperidine rings is 1. The van der Waals surface area contributed by atoms with Crippen molar-refractivity contribution >= 4 is 11.6 Å². The first-order chi connectivity index (χ1) is 9.18. The number of hydrogen-bond donors (Lipinski definition) is 2. The Morgan fingerprint density at radius 3 is 2.95 bits per heavy atom. The molecule has 102 valence electrons. The van der Waals surface area contributed by atoms with E-state index in [2.05, 4.69) is 10.6 Å². The van der Waals surface area contributed by atoms with Crippen LogP contribution >= 0.6 is 0 Å². The van der Waals surface area contributed by atoms with Gasteiger partial charge in [0, 0.05) is 24.7 Å². The second-order valence-electron chi connectivity index (χ2n) is 4.65. The Morgan fingerprint density at radius 1 is 1.47 bits per heavy atom. The zero-order valence-corrected chi connectivity index (χ0v) is 10.6. The smallest absolute Gasteiger partial charge is 0.274 e. The maximum atomic E-state index is 11.9. The molecule has 1 aliphatic heterocycles. The fraction of sp³-hybridized carbons (Fsp3) is 0.462. The molecule has 1 aromatic carbocycles. The maximum absolute atomic E-state index is 11.9. The average Bonchev–Trinajstić information content (AvgIpc) is 2.46. The van der Waals surface area contributed by atoms with Gasteiger partial charge >= 0.3 is 0 Å². The molecule has 1 fully saturated rings. The molecule has 6 heteroatoms. The van der Waals surface area contributed by atoms with E-state index in [4.69, 9.17) is 0 Å². The molecule has 0 spiro atoms. The fourth-order valence-corrected chi connectivity index (χ4v) is 2.24. The van der Waals surface area contributed by atoms with Crippen molar-refractivity contribution in [3.8, 4) is 0 Å². The van der Waals surface area contributed by atoms with Crippen molar-refractivity contribution in [2.24, 2.45) is 5.92 Å². The Labute approximate surface area is 111 Å². The Bertz CT molecular complexity index is 470. The molecule has 1 saturated heterocycles. The molecule has 1 heterocycles. The minimum atomic E-state index is -0.427. The van der Waals surface area contributed by atoms with Crippen molar-refractivity contribution in [1.82, 2.24) is 10.6 Å². The topological polar surface area (TPSA) is 84.3 Å². The average molecular weight is 263 g/mol. The lowest BCUT2D eigenvalue weighted by Gasteiger charge is -2.21. The highest BCUT2D eigenvalue weighted by atomic mass is 16.6. The van der Waals surface area contributed by atoms with E-state index < -0.39 is 4.92 Å². The Kier molecular flexibility index (Phi) is 4.46. The van der Waals surface area contributed by atoms with Crippen LogP contribution in [0.15, 0.2) is 24.3 Å². The normalized spacial score (nSPS) is 18.8. The lowest BCUT2D eigenvalue weighted by atomic mass is 9.99. The van der Waals surface area contributed by atoms with Crippen molar-refractivity contribution in [3.05, 3.63) is 39.9 Å². The number of amides is 1. The number of carbonyl (C=O) groups excluding carboxylic acids is 1. The van der Waals surface area contributed by atoms with E-state index in [9.17, 15) is 14.9 Å². The highest BCUT2D eigenvalue weighted by molar-refractivity contribution is 5.79. The molecule has 0 bridgehead atoms. The number of benzene rings is 1. The summed E-state index contributed by atoms with van der Waals surface area (Å²) in [5.74, 6) is -0.0677. The molecule has 2 N–H and O–H groups in total. The van der Waals surface area contributed by atoms with Crippen LogP contribution in [0.1, 0.15) is 18.4 Å². The zero-order valence-electron chi connectivity index (χ0n) is 10.6. The number of hydrogen-bond acceptors (Lipinski definition) is 4. The Balaban J connectivity index is 1.94. The van der Waals surface area contributed by atoms with Crippen molar-refractivity contribution in [1.29, 1.82) is 0 Å². The minimum absolute atomic E-state index is 0.0310. The standard InChI is InChI=1S/C13H17N3O3/c17-13(11-5-3-7-14-8-11)15-9-10-4-1-2-6-12(10)16(18)19/h1-2,4,6,11,14H,3,5,7-9H2,(H,15,17). The number of para-hydroxylation sites is 1. The van der Waals surface area contributed by atoms with Crippen LogP contribution < -0.4 is 10.6 Å². The third-order valence-electron chi connectivity index (χ3n) is 3.31. The summed E-state index contributed by atoms with van der Waals surface area (Å²) in [5.41, 5.74) is 0.578. The van der Waals surface area contributed by atoms with E-state index in [-0.39, 0.29) is 24.1 Å². The molecule has 1 aromatic rings. The molecule has 1 amide bonds. The first-order valence-corrected chi connectivity index (χ1v) is 6.39. The highest BCUT2D eigenvalue weighted by Gasteiger charge is 2.21. The number of rotatable bonds is 4. The summed E-state index contributed by atoms with van der Waals surface area (Å²) < 4.78 is 0. The van der Waals surface area contributed by atoms with Gasteiger partial charge in [-0.2, -0.15) is 0 Å². The molecule has 1 aliphatic rings. The van der Waals surface area contributed by atoms with Crippen LogP contribution in [0, 0.1) is 16.0 Å². The van der Waals surface area contributed by atoms with Gasteiger partial charge in [0.05, 0.1) is 10.8 Å². The molecule has 0 aromatic heterocycles. The van der Waals surface area contributed by atoms with Gasteiger partial charge in [-0.3, -0.25) is 14.9 Å². The van der Waals surface area contributed by atoms with Gasteiger partial charge in [0.1, 0.15) is 0 Å². The minimum Gasteiger partial charge on any atom is -0.351 e. The van der Waals surface area contributed by atoms with Gasteiger partial charge in [0.15, 0.2) is 0 Å². The summed E-state index contributed by atoms with van der Waals surface area (Å²) in [5, 5.41) is 16.8. The van der Waals surface area contributed by atoms with Crippen LogP contribution in [0.25, 0.3) is 0 Å². The predicted molar refractivity (Wildman–Crippen MR) is 70.5 cm³/mol. The third-order valence-corrected chi connectivity index (χ3v) is 3.31.